The van der Waals surface area contributed by atoms with E-state index in [9.17, 15) is 0 Å². The van der Waals surface area contributed by atoms with Gasteiger partial charge in [0, 0.05) is 29.4 Å². The molecule has 1 aromatic carbocycles. The third-order valence-corrected chi connectivity index (χ3v) is 3.91. The molecule has 2 rings (SSSR count). The normalized spacial score (nSPS) is 19.9. The van der Waals surface area contributed by atoms with Gasteiger partial charge in [-0.1, -0.05) is 6.07 Å². The summed E-state index contributed by atoms with van der Waals surface area (Å²) in [4.78, 5) is 2.47. The molecule has 18 heavy (non-hydrogen) atoms. The third kappa shape index (κ3) is 2.19. The molecule has 0 aliphatic carbocycles. The van der Waals surface area contributed by atoms with E-state index >= 15 is 0 Å². The van der Waals surface area contributed by atoms with Crippen LogP contribution in [0.4, 0.5) is 5.69 Å². The molecule has 1 fully saturated rings. The molecule has 0 bridgehead atoms. The summed E-state index contributed by atoms with van der Waals surface area (Å²) in [6, 6.07) is 6.18. The van der Waals surface area contributed by atoms with Crippen LogP contribution in [0.1, 0.15) is 45.2 Å². The number of hydrogen-bond acceptors (Lipinski definition) is 3. The van der Waals surface area contributed by atoms with Crippen LogP contribution in [0.5, 0.6) is 5.75 Å². The minimum absolute atomic E-state index is 0.0208. The van der Waals surface area contributed by atoms with Crippen LogP contribution >= 0.6 is 0 Å². The monoisotopic (exact) mass is 248 g/mol. The van der Waals surface area contributed by atoms with Gasteiger partial charge in [0.1, 0.15) is 5.75 Å². The summed E-state index contributed by atoms with van der Waals surface area (Å²) in [5, 5.41) is 0. The molecule has 1 saturated heterocycles. The lowest BCUT2D eigenvalue weighted by Gasteiger charge is -2.36. The highest BCUT2D eigenvalue weighted by Crippen LogP contribution is 2.40. The average Bonchev–Trinajstić information content (AvgIpc) is 2.67. The van der Waals surface area contributed by atoms with Crippen molar-refractivity contribution in [3.05, 3.63) is 23.8 Å². The average molecular weight is 248 g/mol. The Bertz CT molecular complexity index is 427. The molecule has 1 aliphatic rings. The SMILES string of the molecule is COc1cccc(N2CCCC2(C)C)c1[C@H](C)N. The third-order valence-electron chi connectivity index (χ3n) is 3.91. The predicted octanol–water partition coefficient (Wildman–Crippen LogP) is 3.09. The first-order valence-corrected chi connectivity index (χ1v) is 6.67. The molecule has 0 aromatic heterocycles. The molecule has 3 nitrogen and oxygen atoms in total. The van der Waals surface area contributed by atoms with E-state index < -0.39 is 0 Å². The van der Waals surface area contributed by atoms with Crippen LogP contribution in [-0.4, -0.2) is 19.2 Å². The highest BCUT2D eigenvalue weighted by atomic mass is 16.5. The van der Waals surface area contributed by atoms with Gasteiger partial charge in [-0.3, -0.25) is 0 Å². The number of hydrogen-bond donors (Lipinski definition) is 1. The van der Waals surface area contributed by atoms with Gasteiger partial charge in [0.15, 0.2) is 0 Å². The summed E-state index contributed by atoms with van der Waals surface area (Å²) in [5.74, 6) is 0.894. The Balaban J connectivity index is 2.50. The highest BCUT2D eigenvalue weighted by molar-refractivity contribution is 5.62. The second kappa shape index (κ2) is 4.81. The van der Waals surface area contributed by atoms with Gasteiger partial charge in [-0.2, -0.15) is 0 Å². The summed E-state index contributed by atoms with van der Waals surface area (Å²) >= 11 is 0. The van der Waals surface area contributed by atoms with Crippen molar-refractivity contribution in [3.8, 4) is 5.75 Å². The van der Waals surface area contributed by atoms with E-state index in [0.717, 1.165) is 17.9 Å². The number of nitrogens with zero attached hydrogens (tertiary/aromatic N) is 1. The summed E-state index contributed by atoms with van der Waals surface area (Å²) in [5.41, 5.74) is 8.69. The van der Waals surface area contributed by atoms with Gasteiger partial charge in [-0.15, -0.1) is 0 Å². The maximum atomic E-state index is 6.14. The first-order chi connectivity index (χ1) is 8.47. The Labute approximate surface area is 110 Å². The molecule has 3 heteroatoms. The van der Waals surface area contributed by atoms with Crippen molar-refractivity contribution in [3.63, 3.8) is 0 Å². The second-order valence-electron chi connectivity index (χ2n) is 5.75. The zero-order valence-electron chi connectivity index (χ0n) is 11.9. The minimum Gasteiger partial charge on any atom is -0.496 e. The van der Waals surface area contributed by atoms with E-state index in [0.29, 0.717) is 0 Å². The van der Waals surface area contributed by atoms with Crippen molar-refractivity contribution in [2.45, 2.75) is 45.2 Å². The molecule has 0 saturated carbocycles. The molecular formula is C15H24N2O. The van der Waals surface area contributed by atoms with Gasteiger partial charge in [-0.05, 0) is 45.7 Å². The van der Waals surface area contributed by atoms with Gasteiger partial charge >= 0.3 is 0 Å². The number of ether oxygens (including phenoxy) is 1. The van der Waals surface area contributed by atoms with Crippen molar-refractivity contribution in [1.29, 1.82) is 0 Å². The van der Waals surface area contributed by atoms with Gasteiger partial charge < -0.3 is 15.4 Å². The molecule has 0 amide bonds. The molecule has 0 spiro atoms. The standard InChI is InChI=1S/C15H24N2O/c1-11(16)14-12(7-5-8-13(14)18-4)17-10-6-9-15(17,2)3/h5,7-8,11H,6,9-10,16H2,1-4H3/t11-/m0/s1. The summed E-state index contributed by atoms with van der Waals surface area (Å²) < 4.78 is 5.47. The van der Waals surface area contributed by atoms with Crippen molar-refractivity contribution in [2.75, 3.05) is 18.6 Å². The Morgan fingerprint density at radius 2 is 2.11 bits per heavy atom. The quantitative estimate of drug-likeness (QED) is 0.893. The van der Waals surface area contributed by atoms with E-state index in [1.54, 1.807) is 7.11 Å². The summed E-state index contributed by atoms with van der Waals surface area (Å²) in [6.45, 7) is 7.71. The smallest absolute Gasteiger partial charge is 0.125 e. The van der Waals surface area contributed by atoms with Crippen LogP contribution in [0.3, 0.4) is 0 Å². The molecule has 2 N–H and O–H groups in total. The maximum absolute atomic E-state index is 6.14. The van der Waals surface area contributed by atoms with Crippen LogP contribution in [-0.2, 0) is 0 Å². The van der Waals surface area contributed by atoms with Crippen molar-refractivity contribution < 1.29 is 4.74 Å². The van der Waals surface area contributed by atoms with Crippen molar-refractivity contribution >= 4 is 5.69 Å². The fourth-order valence-corrected chi connectivity index (χ4v) is 2.96. The van der Waals surface area contributed by atoms with Crippen molar-refractivity contribution in [2.24, 2.45) is 5.73 Å². The molecule has 1 atom stereocenters. The molecule has 0 radical (unpaired) electrons. The Morgan fingerprint density at radius 3 is 2.61 bits per heavy atom. The lowest BCUT2D eigenvalue weighted by molar-refractivity contribution is 0.406. The largest absolute Gasteiger partial charge is 0.496 e. The minimum atomic E-state index is -0.0208. The number of nitrogens with two attached hydrogens (primary N) is 1. The summed E-state index contributed by atoms with van der Waals surface area (Å²) in [6.07, 6.45) is 2.46. The van der Waals surface area contributed by atoms with E-state index in [-0.39, 0.29) is 11.6 Å². The van der Waals surface area contributed by atoms with E-state index in [1.807, 2.05) is 13.0 Å². The zero-order valence-corrected chi connectivity index (χ0v) is 11.9. The fraction of sp³-hybridized carbons (Fsp3) is 0.600. The lowest BCUT2D eigenvalue weighted by Crippen LogP contribution is -2.39. The van der Waals surface area contributed by atoms with Gasteiger partial charge in [0.05, 0.1) is 7.11 Å². The van der Waals surface area contributed by atoms with Crippen LogP contribution in [0.2, 0.25) is 0 Å². The van der Waals surface area contributed by atoms with Gasteiger partial charge in [-0.25, -0.2) is 0 Å². The van der Waals surface area contributed by atoms with Crippen LogP contribution in [0, 0.1) is 0 Å². The van der Waals surface area contributed by atoms with E-state index in [2.05, 4.69) is 30.9 Å². The first-order valence-electron chi connectivity index (χ1n) is 6.67. The highest BCUT2D eigenvalue weighted by Gasteiger charge is 2.34. The van der Waals surface area contributed by atoms with Crippen LogP contribution in [0.15, 0.2) is 18.2 Å². The molecular weight excluding hydrogens is 224 g/mol. The fourth-order valence-electron chi connectivity index (χ4n) is 2.96. The number of benzene rings is 1. The van der Waals surface area contributed by atoms with Crippen LogP contribution in [0.25, 0.3) is 0 Å². The Kier molecular flexibility index (Phi) is 3.53. The Morgan fingerprint density at radius 1 is 1.39 bits per heavy atom. The molecule has 1 aliphatic heterocycles. The molecule has 1 aromatic rings. The maximum Gasteiger partial charge on any atom is 0.125 e. The molecule has 100 valence electrons. The van der Waals surface area contributed by atoms with Crippen LogP contribution < -0.4 is 15.4 Å². The van der Waals surface area contributed by atoms with Crippen molar-refractivity contribution in [1.82, 2.24) is 0 Å². The van der Waals surface area contributed by atoms with Gasteiger partial charge in [0.2, 0.25) is 0 Å². The predicted molar refractivity (Wildman–Crippen MR) is 76.3 cm³/mol. The number of methoxy groups -OCH3 is 1. The van der Waals surface area contributed by atoms with E-state index in [1.165, 1.54) is 18.5 Å². The Hall–Kier alpha value is -1.22. The number of rotatable bonds is 3. The first kappa shape index (κ1) is 13.2. The molecule has 1 heterocycles. The lowest BCUT2D eigenvalue weighted by atomic mass is 9.98. The zero-order chi connectivity index (χ0) is 13.3. The number of anilines is 1. The second-order valence-corrected chi connectivity index (χ2v) is 5.75. The van der Waals surface area contributed by atoms with E-state index in [4.69, 9.17) is 10.5 Å². The molecule has 0 unspecified atom stereocenters. The topological polar surface area (TPSA) is 38.5 Å². The summed E-state index contributed by atoms with van der Waals surface area (Å²) in [7, 11) is 1.71. The van der Waals surface area contributed by atoms with Gasteiger partial charge in [0.25, 0.3) is 0 Å².